The van der Waals surface area contributed by atoms with E-state index in [1.807, 2.05) is 37.1 Å². The van der Waals surface area contributed by atoms with Gasteiger partial charge in [-0.3, -0.25) is 15.1 Å². The summed E-state index contributed by atoms with van der Waals surface area (Å²) >= 11 is 0. The second-order valence-corrected chi connectivity index (χ2v) is 7.73. The highest BCUT2D eigenvalue weighted by atomic mass is 19.1. The molecule has 1 saturated heterocycles. The molecule has 0 saturated carbocycles. The summed E-state index contributed by atoms with van der Waals surface area (Å²) in [5.74, 6) is 0.173. The van der Waals surface area contributed by atoms with E-state index in [2.05, 4.69) is 22.2 Å². The highest BCUT2D eigenvalue weighted by Gasteiger charge is 2.38. The fourth-order valence-electron chi connectivity index (χ4n) is 3.89. The number of halogens is 1. The van der Waals surface area contributed by atoms with Crippen molar-refractivity contribution >= 4 is 11.9 Å². The summed E-state index contributed by atoms with van der Waals surface area (Å²) in [5, 5.41) is 14.7. The monoisotopic (exact) mass is 453 g/mol. The van der Waals surface area contributed by atoms with Crippen LogP contribution in [0.2, 0.25) is 0 Å². The lowest BCUT2D eigenvalue weighted by Gasteiger charge is -2.43. The van der Waals surface area contributed by atoms with Crippen LogP contribution in [0.15, 0.2) is 65.4 Å². The molecular formula is C25H32FN5O2. The number of aliphatic imine (C=N–C) groups is 1. The van der Waals surface area contributed by atoms with Crippen LogP contribution in [0.1, 0.15) is 32.3 Å². The van der Waals surface area contributed by atoms with Crippen molar-refractivity contribution in [2.45, 2.75) is 32.1 Å². The SMILES string of the molecule is C=C(OC)/C(=C\C=C/C)C(=O)NCC1(c2cccc(F)c2)CCN(C(=NCC)NC#N)CC1. The van der Waals surface area contributed by atoms with Gasteiger partial charge in [0, 0.05) is 31.6 Å². The maximum absolute atomic E-state index is 14.1. The lowest BCUT2D eigenvalue weighted by atomic mass is 9.72. The van der Waals surface area contributed by atoms with Crippen LogP contribution in [0.25, 0.3) is 0 Å². The van der Waals surface area contributed by atoms with Gasteiger partial charge in [-0.25, -0.2) is 4.39 Å². The zero-order chi connectivity index (χ0) is 24.3. The van der Waals surface area contributed by atoms with E-state index in [1.165, 1.54) is 19.2 Å². The predicted molar refractivity (Wildman–Crippen MR) is 128 cm³/mol. The van der Waals surface area contributed by atoms with Gasteiger partial charge in [0.25, 0.3) is 5.91 Å². The molecule has 0 unspecified atom stereocenters. The van der Waals surface area contributed by atoms with E-state index in [0.717, 1.165) is 5.56 Å². The van der Waals surface area contributed by atoms with Gasteiger partial charge in [0.05, 0.1) is 12.7 Å². The topological polar surface area (TPSA) is 89.8 Å². The Hall–Kier alpha value is -3.60. The number of piperidine rings is 1. The summed E-state index contributed by atoms with van der Waals surface area (Å²) < 4.78 is 19.3. The van der Waals surface area contributed by atoms with E-state index in [1.54, 1.807) is 18.2 Å². The molecule has 0 bridgehead atoms. The molecule has 8 heteroatoms. The van der Waals surface area contributed by atoms with Crippen molar-refractivity contribution < 1.29 is 13.9 Å². The molecule has 0 spiro atoms. The van der Waals surface area contributed by atoms with Crippen LogP contribution in [0, 0.1) is 17.3 Å². The molecule has 0 atom stereocenters. The summed E-state index contributed by atoms with van der Waals surface area (Å²) in [7, 11) is 1.47. The number of allylic oxidation sites excluding steroid dienone is 3. The first-order valence-corrected chi connectivity index (χ1v) is 11.0. The van der Waals surface area contributed by atoms with Crippen LogP contribution >= 0.6 is 0 Å². The zero-order valence-electron chi connectivity index (χ0n) is 19.5. The Morgan fingerprint density at radius 3 is 2.73 bits per heavy atom. The molecule has 1 aromatic carbocycles. The van der Waals surface area contributed by atoms with E-state index in [0.29, 0.717) is 50.6 Å². The van der Waals surface area contributed by atoms with Gasteiger partial charge in [-0.2, -0.15) is 5.26 Å². The zero-order valence-corrected chi connectivity index (χ0v) is 19.5. The minimum Gasteiger partial charge on any atom is -0.497 e. The number of hydrogen-bond donors (Lipinski definition) is 2. The minimum absolute atomic E-state index is 0.267. The van der Waals surface area contributed by atoms with Gasteiger partial charge in [-0.05, 0) is 50.5 Å². The highest BCUT2D eigenvalue weighted by molar-refractivity contribution is 5.97. The smallest absolute Gasteiger partial charge is 0.255 e. The van der Waals surface area contributed by atoms with Crippen LogP contribution < -0.4 is 10.6 Å². The average Bonchev–Trinajstić information content (AvgIpc) is 2.83. The quantitative estimate of drug-likeness (QED) is 0.120. The van der Waals surface area contributed by atoms with Gasteiger partial charge in [0.2, 0.25) is 5.96 Å². The Kier molecular flexibility index (Phi) is 9.67. The van der Waals surface area contributed by atoms with Crippen LogP contribution in [0.4, 0.5) is 4.39 Å². The molecule has 7 nitrogen and oxygen atoms in total. The molecule has 176 valence electrons. The van der Waals surface area contributed by atoms with Crippen molar-refractivity contribution in [2.24, 2.45) is 4.99 Å². The van der Waals surface area contributed by atoms with Crippen molar-refractivity contribution in [3.63, 3.8) is 0 Å². The van der Waals surface area contributed by atoms with Gasteiger partial charge < -0.3 is 15.0 Å². The van der Waals surface area contributed by atoms with Crippen molar-refractivity contribution in [1.29, 1.82) is 5.26 Å². The molecule has 0 aliphatic carbocycles. The number of methoxy groups -OCH3 is 1. The normalized spacial score (nSPS) is 16.3. The van der Waals surface area contributed by atoms with Crippen molar-refractivity contribution in [3.8, 4) is 6.19 Å². The average molecular weight is 454 g/mol. The van der Waals surface area contributed by atoms with Crippen molar-refractivity contribution in [3.05, 3.63) is 71.8 Å². The van der Waals surface area contributed by atoms with Gasteiger partial charge in [0.1, 0.15) is 11.6 Å². The second kappa shape index (κ2) is 12.4. The number of amides is 1. The molecule has 0 radical (unpaired) electrons. The third-order valence-corrected chi connectivity index (χ3v) is 5.77. The number of nitriles is 1. The molecule has 1 amide bonds. The molecule has 0 aromatic heterocycles. The number of nitrogens with zero attached hydrogens (tertiary/aromatic N) is 3. The standard InChI is InChI=1S/C25H32FN5O2/c1-5-7-11-22(19(3)33-4)23(32)29-17-25(20-9-8-10-21(26)16-20)12-14-31(15-13-25)24(28-6-2)30-18-27/h5,7-11,16H,3,6,12-15,17H2,1-2,4H3,(H,28,30)(H,29,32)/b7-5-,22-11+. The number of likely N-dealkylation sites (tertiary alicyclic amines) is 1. The third-order valence-electron chi connectivity index (χ3n) is 5.77. The largest absolute Gasteiger partial charge is 0.497 e. The molecule has 1 aliphatic heterocycles. The first kappa shape index (κ1) is 25.7. The van der Waals surface area contributed by atoms with Crippen LogP contribution in [-0.4, -0.2) is 50.1 Å². The Balaban J connectivity index is 2.28. The summed E-state index contributed by atoms with van der Waals surface area (Å²) in [5.41, 5.74) is 0.686. The number of guanidine groups is 1. The number of hydrogen-bond acceptors (Lipinski definition) is 4. The summed E-state index contributed by atoms with van der Waals surface area (Å²) in [4.78, 5) is 19.4. The highest BCUT2D eigenvalue weighted by Crippen LogP contribution is 2.35. The Morgan fingerprint density at radius 1 is 1.42 bits per heavy atom. The third kappa shape index (κ3) is 6.69. The Bertz CT molecular complexity index is 969. The van der Waals surface area contributed by atoms with Gasteiger partial charge in [-0.1, -0.05) is 30.9 Å². The molecule has 1 heterocycles. The maximum atomic E-state index is 14.1. The number of carbonyl (C=O) groups excluding carboxylic acids is 1. The van der Waals surface area contributed by atoms with E-state index in [-0.39, 0.29) is 17.5 Å². The van der Waals surface area contributed by atoms with E-state index in [9.17, 15) is 9.18 Å². The molecule has 2 N–H and O–H groups in total. The summed E-state index contributed by atoms with van der Waals surface area (Å²) in [6, 6.07) is 6.52. The van der Waals surface area contributed by atoms with E-state index >= 15 is 0 Å². The second-order valence-electron chi connectivity index (χ2n) is 7.73. The van der Waals surface area contributed by atoms with Crippen LogP contribution in [0.3, 0.4) is 0 Å². The van der Waals surface area contributed by atoms with Gasteiger partial charge in [0.15, 0.2) is 6.19 Å². The lowest BCUT2D eigenvalue weighted by Crippen LogP contribution is -2.52. The maximum Gasteiger partial charge on any atom is 0.255 e. The first-order chi connectivity index (χ1) is 15.9. The van der Waals surface area contributed by atoms with Gasteiger partial charge >= 0.3 is 0 Å². The molecule has 1 aliphatic rings. The molecule has 1 aromatic rings. The number of benzene rings is 1. The molecule has 2 rings (SSSR count). The fourth-order valence-corrected chi connectivity index (χ4v) is 3.89. The first-order valence-electron chi connectivity index (χ1n) is 11.0. The number of ether oxygens (including phenoxy) is 1. The van der Waals surface area contributed by atoms with Crippen LogP contribution in [0.5, 0.6) is 0 Å². The fraction of sp³-hybridized carbons (Fsp3) is 0.400. The number of nitrogens with one attached hydrogen (secondary N) is 2. The predicted octanol–water partition coefficient (Wildman–Crippen LogP) is 3.38. The van der Waals surface area contributed by atoms with Gasteiger partial charge in [-0.15, -0.1) is 0 Å². The van der Waals surface area contributed by atoms with Crippen LogP contribution in [-0.2, 0) is 14.9 Å². The number of rotatable bonds is 8. The summed E-state index contributed by atoms with van der Waals surface area (Å²) in [6.07, 6.45) is 8.43. The van der Waals surface area contributed by atoms with E-state index < -0.39 is 5.41 Å². The molecule has 33 heavy (non-hydrogen) atoms. The molecular weight excluding hydrogens is 421 g/mol. The molecule has 1 fully saturated rings. The lowest BCUT2D eigenvalue weighted by molar-refractivity contribution is -0.117. The Morgan fingerprint density at radius 2 is 2.15 bits per heavy atom. The summed E-state index contributed by atoms with van der Waals surface area (Å²) in [6.45, 7) is 9.64. The van der Waals surface area contributed by atoms with Crippen molar-refractivity contribution in [2.75, 3.05) is 33.3 Å². The Labute approximate surface area is 195 Å². The van der Waals surface area contributed by atoms with E-state index in [4.69, 9.17) is 10.00 Å². The number of carbonyl (C=O) groups is 1. The minimum atomic E-state index is -0.474. The van der Waals surface area contributed by atoms with Crippen molar-refractivity contribution in [1.82, 2.24) is 15.5 Å².